The average Bonchev–Trinajstić information content (AvgIpc) is 3.13. The minimum absolute atomic E-state index is 0.420. The van der Waals surface area contributed by atoms with E-state index in [0.29, 0.717) is 34.9 Å². The van der Waals surface area contributed by atoms with E-state index in [9.17, 15) is 8.42 Å². The molecule has 0 saturated carbocycles. The molecule has 0 N–H and O–H groups in total. The van der Waals surface area contributed by atoms with Crippen LogP contribution in [-0.4, -0.2) is 46.1 Å². The molecule has 0 aromatic heterocycles. The molecule has 0 bridgehead atoms. The fraction of sp³-hybridized carbons (Fsp3) is 0.316. The van der Waals surface area contributed by atoms with Crippen LogP contribution < -0.4 is 14.2 Å². The number of nitrogens with zero attached hydrogens (tertiary/aromatic N) is 2. The maximum absolute atomic E-state index is 12.3. The van der Waals surface area contributed by atoms with Gasteiger partial charge < -0.3 is 14.2 Å². The molecule has 8 heteroatoms. The van der Waals surface area contributed by atoms with Crippen molar-refractivity contribution >= 4 is 15.7 Å². The van der Waals surface area contributed by atoms with Crippen LogP contribution in [0.3, 0.4) is 0 Å². The van der Waals surface area contributed by atoms with E-state index in [1.165, 1.54) is 0 Å². The standard InChI is InChI=1S/C19H22N2O5S/c1-24-14-7-5-13(6-8-14)18-12-17(20-21(18)27(4,22)23)16-11-15(25-2)9-10-19(16)26-3/h5-11,18H,12H2,1-4H3/t18-/m0/s1. The maximum Gasteiger partial charge on any atom is 0.247 e. The van der Waals surface area contributed by atoms with E-state index in [1.807, 2.05) is 12.1 Å². The number of sulfonamides is 1. The van der Waals surface area contributed by atoms with Crippen LogP contribution in [0.4, 0.5) is 0 Å². The Hall–Kier alpha value is -2.74. The average molecular weight is 390 g/mol. The summed E-state index contributed by atoms with van der Waals surface area (Å²) in [5.41, 5.74) is 2.17. The van der Waals surface area contributed by atoms with Crippen molar-refractivity contribution in [3.05, 3.63) is 53.6 Å². The Bertz CT molecular complexity index is 955. The number of methoxy groups -OCH3 is 3. The van der Waals surface area contributed by atoms with Crippen molar-refractivity contribution in [3.8, 4) is 17.2 Å². The second-order valence-electron chi connectivity index (χ2n) is 6.14. The van der Waals surface area contributed by atoms with Crippen LogP contribution in [0.2, 0.25) is 0 Å². The van der Waals surface area contributed by atoms with Crippen molar-refractivity contribution in [2.75, 3.05) is 27.6 Å². The molecule has 144 valence electrons. The molecule has 2 aromatic rings. The Kier molecular flexibility index (Phi) is 5.27. The second-order valence-corrected chi connectivity index (χ2v) is 7.98. The monoisotopic (exact) mass is 390 g/mol. The zero-order chi connectivity index (χ0) is 19.6. The van der Waals surface area contributed by atoms with Crippen LogP contribution in [0.5, 0.6) is 17.2 Å². The molecular formula is C19H22N2O5S. The SMILES string of the molecule is COc1ccc([C@@H]2CC(c3cc(OC)ccc3OC)=NN2S(C)(=O)=O)cc1. The van der Waals surface area contributed by atoms with E-state index < -0.39 is 16.1 Å². The van der Waals surface area contributed by atoms with Crippen molar-refractivity contribution in [1.29, 1.82) is 0 Å². The fourth-order valence-corrected chi connectivity index (χ4v) is 3.98. The van der Waals surface area contributed by atoms with Crippen LogP contribution in [0.25, 0.3) is 0 Å². The van der Waals surface area contributed by atoms with Crippen LogP contribution in [0.1, 0.15) is 23.6 Å². The van der Waals surface area contributed by atoms with Gasteiger partial charge in [-0.25, -0.2) is 8.42 Å². The molecule has 0 unspecified atom stereocenters. The van der Waals surface area contributed by atoms with Crippen molar-refractivity contribution in [2.45, 2.75) is 12.5 Å². The van der Waals surface area contributed by atoms with Gasteiger partial charge in [0.05, 0.1) is 39.3 Å². The van der Waals surface area contributed by atoms with Gasteiger partial charge >= 0.3 is 0 Å². The topological polar surface area (TPSA) is 77.4 Å². The number of hydrogen-bond acceptors (Lipinski definition) is 6. The first kappa shape index (κ1) is 19.0. The quantitative estimate of drug-likeness (QED) is 0.758. The number of rotatable bonds is 6. The van der Waals surface area contributed by atoms with E-state index in [-0.39, 0.29) is 0 Å². The highest BCUT2D eigenvalue weighted by molar-refractivity contribution is 7.88. The Balaban J connectivity index is 2.03. The molecule has 1 aliphatic heterocycles. The molecule has 1 aliphatic rings. The van der Waals surface area contributed by atoms with Crippen molar-refractivity contribution in [1.82, 2.24) is 4.41 Å². The third kappa shape index (κ3) is 3.85. The summed E-state index contributed by atoms with van der Waals surface area (Å²) in [6.45, 7) is 0. The number of benzene rings is 2. The van der Waals surface area contributed by atoms with Gasteiger partial charge in [-0.3, -0.25) is 0 Å². The lowest BCUT2D eigenvalue weighted by atomic mass is 9.98. The van der Waals surface area contributed by atoms with Gasteiger partial charge in [-0.2, -0.15) is 9.52 Å². The third-order valence-corrected chi connectivity index (χ3v) is 5.45. The van der Waals surface area contributed by atoms with Gasteiger partial charge in [-0.1, -0.05) is 12.1 Å². The van der Waals surface area contributed by atoms with Crippen LogP contribution in [0.15, 0.2) is 47.6 Å². The molecule has 7 nitrogen and oxygen atoms in total. The summed E-state index contributed by atoms with van der Waals surface area (Å²) in [6, 6.07) is 12.2. The molecule has 2 aromatic carbocycles. The van der Waals surface area contributed by atoms with E-state index >= 15 is 0 Å². The third-order valence-electron chi connectivity index (χ3n) is 4.43. The lowest BCUT2D eigenvalue weighted by molar-refractivity contribution is 0.374. The molecule has 3 rings (SSSR count). The van der Waals surface area contributed by atoms with Gasteiger partial charge in [0.15, 0.2) is 0 Å². The number of ether oxygens (including phenoxy) is 3. The Labute approximate surface area is 159 Å². The van der Waals surface area contributed by atoms with Gasteiger partial charge in [0.2, 0.25) is 10.0 Å². The molecule has 0 fully saturated rings. The fourth-order valence-electron chi connectivity index (χ4n) is 3.07. The van der Waals surface area contributed by atoms with Crippen LogP contribution in [0, 0.1) is 0 Å². The summed E-state index contributed by atoms with van der Waals surface area (Å²) in [5, 5.41) is 4.41. The highest BCUT2D eigenvalue weighted by Crippen LogP contribution is 2.37. The van der Waals surface area contributed by atoms with Gasteiger partial charge in [0.1, 0.15) is 17.2 Å². The van der Waals surface area contributed by atoms with E-state index in [2.05, 4.69) is 5.10 Å². The van der Waals surface area contributed by atoms with Crippen molar-refractivity contribution in [3.63, 3.8) is 0 Å². The van der Waals surface area contributed by atoms with E-state index in [0.717, 1.165) is 16.2 Å². The summed E-state index contributed by atoms with van der Waals surface area (Å²) in [6.07, 6.45) is 1.57. The highest BCUT2D eigenvalue weighted by Gasteiger charge is 2.35. The highest BCUT2D eigenvalue weighted by atomic mass is 32.2. The lowest BCUT2D eigenvalue weighted by Crippen LogP contribution is -2.25. The van der Waals surface area contributed by atoms with E-state index in [4.69, 9.17) is 14.2 Å². The molecule has 1 atom stereocenters. The smallest absolute Gasteiger partial charge is 0.247 e. The first-order valence-electron chi connectivity index (χ1n) is 8.30. The minimum Gasteiger partial charge on any atom is -0.497 e. The summed E-state index contributed by atoms with van der Waals surface area (Å²) >= 11 is 0. The molecular weight excluding hydrogens is 368 g/mol. The van der Waals surface area contributed by atoms with E-state index in [1.54, 1.807) is 51.7 Å². The Morgan fingerprint density at radius 3 is 2.15 bits per heavy atom. The lowest BCUT2D eigenvalue weighted by Gasteiger charge is -2.21. The zero-order valence-electron chi connectivity index (χ0n) is 15.7. The van der Waals surface area contributed by atoms with Gasteiger partial charge in [-0.15, -0.1) is 0 Å². The van der Waals surface area contributed by atoms with Crippen molar-refractivity contribution in [2.24, 2.45) is 5.10 Å². The van der Waals surface area contributed by atoms with Crippen LogP contribution >= 0.6 is 0 Å². The number of hydrogen-bond donors (Lipinski definition) is 0. The molecule has 0 saturated heterocycles. The predicted molar refractivity (Wildman–Crippen MR) is 103 cm³/mol. The summed E-state index contributed by atoms with van der Waals surface area (Å²) in [7, 11) is 1.18. The first-order chi connectivity index (χ1) is 12.9. The van der Waals surface area contributed by atoms with Crippen LogP contribution in [-0.2, 0) is 10.0 Å². The largest absolute Gasteiger partial charge is 0.497 e. The summed E-state index contributed by atoms with van der Waals surface area (Å²) < 4.78 is 41.7. The van der Waals surface area contributed by atoms with Crippen molar-refractivity contribution < 1.29 is 22.6 Å². The Morgan fingerprint density at radius 1 is 0.963 bits per heavy atom. The molecule has 0 spiro atoms. The number of hydrazone groups is 1. The van der Waals surface area contributed by atoms with Gasteiger partial charge in [-0.05, 0) is 35.9 Å². The van der Waals surface area contributed by atoms with Gasteiger partial charge in [0, 0.05) is 12.0 Å². The summed E-state index contributed by atoms with van der Waals surface area (Å²) in [5.74, 6) is 1.96. The molecule has 0 aliphatic carbocycles. The Morgan fingerprint density at radius 2 is 1.59 bits per heavy atom. The molecule has 1 heterocycles. The first-order valence-corrected chi connectivity index (χ1v) is 10.2. The maximum atomic E-state index is 12.3. The molecule has 0 amide bonds. The predicted octanol–water partition coefficient (Wildman–Crippen LogP) is 2.82. The van der Waals surface area contributed by atoms with Gasteiger partial charge in [0.25, 0.3) is 0 Å². The second kappa shape index (κ2) is 7.48. The zero-order valence-corrected chi connectivity index (χ0v) is 16.5. The normalized spacial score (nSPS) is 16.8. The molecule has 27 heavy (non-hydrogen) atoms. The molecule has 0 radical (unpaired) electrons. The summed E-state index contributed by atoms with van der Waals surface area (Å²) in [4.78, 5) is 0. The minimum atomic E-state index is -3.55.